The predicted octanol–water partition coefficient (Wildman–Crippen LogP) is 2.35. The van der Waals surface area contributed by atoms with Crippen molar-refractivity contribution in [2.24, 2.45) is 5.14 Å². The first-order valence-corrected chi connectivity index (χ1v) is 6.87. The highest BCUT2D eigenvalue weighted by Crippen LogP contribution is 2.32. The first-order chi connectivity index (χ1) is 8.00. The average molecular weight is 348 g/mol. The molecule has 0 bridgehead atoms. The SMILES string of the molecule is Cc1cc(Br)cc(S(N)(=O)=O)c1OCC(F)(F)F. The monoisotopic (exact) mass is 347 g/mol. The number of ether oxygens (including phenoxy) is 1. The van der Waals surface area contributed by atoms with Crippen molar-refractivity contribution in [3.05, 3.63) is 22.2 Å². The molecule has 0 spiro atoms. The minimum Gasteiger partial charge on any atom is -0.482 e. The van der Waals surface area contributed by atoms with Crippen LogP contribution in [-0.2, 0) is 10.0 Å². The molecule has 9 heteroatoms. The highest BCUT2D eigenvalue weighted by Gasteiger charge is 2.30. The first-order valence-electron chi connectivity index (χ1n) is 4.53. The zero-order valence-electron chi connectivity index (χ0n) is 9.08. The van der Waals surface area contributed by atoms with Crippen LogP contribution in [0.5, 0.6) is 5.75 Å². The number of hydrogen-bond acceptors (Lipinski definition) is 3. The molecule has 18 heavy (non-hydrogen) atoms. The minimum absolute atomic E-state index is 0.234. The summed E-state index contributed by atoms with van der Waals surface area (Å²) < 4.78 is 63.6. The molecule has 1 aromatic carbocycles. The number of halogens is 4. The van der Waals surface area contributed by atoms with Gasteiger partial charge in [0.25, 0.3) is 0 Å². The van der Waals surface area contributed by atoms with E-state index >= 15 is 0 Å². The topological polar surface area (TPSA) is 69.4 Å². The van der Waals surface area contributed by atoms with E-state index in [0.29, 0.717) is 4.47 Å². The lowest BCUT2D eigenvalue weighted by atomic mass is 10.2. The van der Waals surface area contributed by atoms with E-state index in [9.17, 15) is 21.6 Å². The quantitative estimate of drug-likeness (QED) is 0.912. The molecule has 0 atom stereocenters. The van der Waals surface area contributed by atoms with Gasteiger partial charge in [-0.25, -0.2) is 13.6 Å². The van der Waals surface area contributed by atoms with Crippen molar-refractivity contribution < 1.29 is 26.3 Å². The lowest BCUT2D eigenvalue weighted by Gasteiger charge is -2.14. The smallest absolute Gasteiger partial charge is 0.422 e. The molecule has 102 valence electrons. The van der Waals surface area contributed by atoms with Crippen molar-refractivity contribution in [2.45, 2.75) is 18.0 Å². The number of aryl methyl sites for hydroxylation is 1. The lowest BCUT2D eigenvalue weighted by Crippen LogP contribution is -2.22. The van der Waals surface area contributed by atoms with E-state index < -0.39 is 33.5 Å². The average Bonchev–Trinajstić information content (AvgIpc) is 2.12. The van der Waals surface area contributed by atoms with Gasteiger partial charge in [0.15, 0.2) is 6.61 Å². The third kappa shape index (κ3) is 4.14. The lowest BCUT2D eigenvalue weighted by molar-refractivity contribution is -0.153. The van der Waals surface area contributed by atoms with Gasteiger partial charge < -0.3 is 4.74 Å². The fraction of sp³-hybridized carbons (Fsp3) is 0.333. The summed E-state index contributed by atoms with van der Waals surface area (Å²) in [6.45, 7) is -0.164. The molecule has 0 heterocycles. The second-order valence-electron chi connectivity index (χ2n) is 3.50. The van der Waals surface area contributed by atoms with Crippen LogP contribution in [0.3, 0.4) is 0 Å². The molecule has 0 unspecified atom stereocenters. The second-order valence-corrected chi connectivity index (χ2v) is 5.94. The number of sulfonamides is 1. The van der Waals surface area contributed by atoms with Crippen LogP contribution in [-0.4, -0.2) is 21.2 Å². The van der Waals surface area contributed by atoms with Gasteiger partial charge in [0.1, 0.15) is 10.6 Å². The van der Waals surface area contributed by atoms with Gasteiger partial charge in [-0.3, -0.25) is 0 Å². The van der Waals surface area contributed by atoms with E-state index in [1.165, 1.54) is 13.0 Å². The van der Waals surface area contributed by atoms with Crippen molar-refractivity contribution in [3.8, 4) is 5.75 Å². The van der Waals surface area contributed by atoms with E-state index in [0.717, 1.165) is 6.07 Å². The molecule has 2 N–H and O–H groups in total. The Balaban J connectivity index is 3.25. The molecule has 0 aliphatic carbocycles. The maximum Gasteiger partial charge on any atom is 0.422 e. The van der Waals surface area contributed by atoms with E-state index in [4.69, 9.17) is 5.14 Å². The number of primary sulfonamides is 1. The Kier molecular flexibility index (Phi) is 4.29. The predicted molar refractivity (Wildman–Crippen MR) is 61.8 cm³/mol. The van der Waals surface area contributed by atoms with Crippen LogP contribution in [0.15, 0.2) is 21.5 Å². The van der Waals surface area contributed by atoms with Crippen LogP contribution >= 0.6 is 15.9 Å². The molecule has 0 amide bonds. The molecule has 0 aliphatic heterocycles. The standard InChI is InChI=1S/C9H9BrF3NO3S/c1-5-2-6(10)3-7(18(14,15)16)8(5)17-4-9(11,12)13/h2-3H,4H2,1H3,(H2,14,15,16). The summed E-state index contributed by atoms with van der Waals surface area (Å²) in [5.41, 5.74) is 0.234. The molecular weight excluding hydrogens is 339 g/mol. The minimum atomic E-state index is -4.56. The van der Waals surface area contributed by atoms with Gasteiger partial charge in [-0.15, -0.1) is 0 Å². The largest absolute Gasteiger partial charge is 0.482 e. The second kappa shape index (κ2) is 5.06. The van der Waals surface area contributed by atoms with Crippen molar-refractivity contribution >= 4 is 26.0 Å². The molecule has 1 rings (SSSR count). The summed E-state index contributed by atoms with van der Waals surface area (Å²) in [4.78, 5) is -0.487. The Labute approximate surface area is 110 Å². The normalized spacial score (nSPS) is 12.6. The van der Waals surface area contributed by atoms with Crippen molar-refractivity contribution in [1.82, 2.24) is 0 Å². The Bertz CT molecular complexity index is 557. The third-order valence-electron chi connectivity index (χ3n) is 1.89. The molecule has 0 fully saturated rings. The number of rotatable bonds is 3. The van der Waals surface area contributed by atoms with Crippen LogP contribution in [0.1, 0.15) is 5.56 Å². The van der Waals surface area contributed by atoms with Crippen LogP contribution in [0.2, 0.25) is 0 Å². The van der Waals surface area contributed by atoms with Crippen LogP contribution < -0.4 is 9.88 Å². The first kappa shape index (κ1) is 15.3. The molecule has 0 saturated heterocycles. The molecule has 0 saturated carbocycles. The van der Waals surface area contributed by atoms with Gasteiger partial charge in [0, 0.05) is 4.47 Å². The van der Waals surface area contributed by atoms with Crippen LogP contribution in [0.25, 0.3) is 0 Å². The summed E-state index contributed by atoms with van der Waals surface area (Å²) in [6, 6.07) is 2.52. The molecule has 1 aromatic rings. The van der Waals surface area contributed by atoms with Gasteiger partial charge in [0.2, 0.25) is 10.0 Å². The van der Waals surface area contributed by atoms with Crippen LogP contribution in [0.4, 0.5) is 13.2 Å². The number of benzene rings is 1. The molecule has 4 nitrogen and oxygen atoms in total. The summed E-state index contributed by atoms with van der Waals surface area (Å²) >= 11 is 3.03. The number of hydrogen-bond donors (Lipinski definition) is 1. The van der Waals surface area contributed by atoms with Crippen molar-refractivity contribution in [2.75, 3.05) is 6.61 Å². The Hall–Kier alpha value is -0.800. The highest BCUT2D eigenvalue weighted by atomic mass is 79.9. The number of nitrogens with two attached hydrogens (primary N) is 1. The summed E-state index contributed by atoms with van der Waals surface area (Å²) in [5, 5.41) is 4.92. The van der Waals surface area contributed by atoms with Crippen molar-refractivity contribution in [3.63, 3.8) is 0 Å². The van der Waals surface area contributed by atoms with E-state index in [1.807, 2.05) is 0 Å². The molecule has 0 aliphatic rings. The van der Waals surface area contributed by atoms with Gasteiger partial charge >= 0.3 is 6.18 Å². The fourth-order valence-electron chi connectivity index (χ4n) is 1.25. The summed E-state index contributed by atoms with van der Waals surface area (Å²) in [7, 11) is -4.17. The van der Waals surface area contributed by atoms with Gasteiger partial charge in [-0.05, 0) is 24.6 Å². The maximum absolute atomic E-state index is 12.1. The Morgan fingerprint density at radius 3 is 2.39 bits per heavy atom. The van der Waals surface area contributed by atoms with E-state index in [2.05, 4.69) is 20.7 Å². The van der Waals surface area contributed by atoms with Gasteiger partial charge in [-0.2, -0.15) is 13.2 Å². The molecular formula is C9H9BrF3NO3S. The zero-order valence-corrected chi connectivity index (χ0v) is 11.5. The highest BCUT2D eigenvalue weighted by molar-refractivity contribution is 9.10. The Morgan fingerprint density at radius 1 is 1.39 bits per heavy atom. The molecule has 0 aromatic heterocycles. The van der Waals surface area contributed by atoms with E-state index in [-0.39, 0.29) is 5.56 Å². The summed E-state index contributed by atoms with van der Waals surface area (Å²) in [6.07, 6.45) is -4.56. The van der Waals surface area contributed by atoms with Crippen molar-refractivity contribution in [1.29, 1.82) is 0 Å². The van der Waals surface area contributed by atoms with Gasteiger partial charge in [0.05, 0.1) is 0 Å². The summed E-state index contributed by atoms with van der Waals surface area (Å²) in [5.74, 6) is -0.391. The number of alkyl halides is 3. The maximum atomic E-state index is 12.1. The third-order valence-corrected chi connectivity index (χ3v) is 3.27. The fourth-order valence-corrected chi connectivity index (χ4v) is 2.74. The Morgan fingerprint density at radius 2 is 1.94 bits per heavy atom. The zero-order chi connectivity index (χ0) is 14.1. The van der Waals surface area contributed by atoms with Gasteiger partial charge in [-0.1, -0.05) is 15.9 Å². The van der Waals surface area contributed by atoms with E-state index in [1.54, 1.807) is 0 Å². The van der Waals surface area contributed by atoms with Crippen LogP contribution in [0, 0.1) is 6.92 Å². The molecule has 0 radical (unpaired) electrons.